The summed E-state index contributed by atoms with van der Waals surface area (Å²) in [6.45, 7) is 0. The van der Waals surface area contributed by atoms with Gasteiger partial charge in [-0.3, -0.25) is 0 Å². The summed E-state index contributed by atoms with van der Waals surface area (Å²) < 4.78 is 1.52. The number of aromatic nitrogens is 3. The van der Waals surface area contributed by atoms with Gasteiger partial charge in [0.1, 0.15) is 5.82 Å². The lowest BCUT2D eigenvalue weighted by atomic mass is 10.1. The van der Waals surface area contributed by atoms with Gasteiger partial charge < -0.3 is 5.11 Å². The lowest BCUT2D eigenvalue weighted by Gasteiger charge is -2.19. The number of hydrogen-bond acceptors (Lipinski definition) is 3. The van der Waals surface area contributed by atoms with E-state index in [2.05, 4.69) is 10.1 Å². The third-order valence-corrected chi connectivity index (χ3v) is 3.60. The van der Waals surface area contributed by atoms with Crippen molar-refractivity contribution < 1.29 is 9.90 Å². The van der Waals surface area contributed by atoms with Crippen LogP contribution in [0.4, 0.5) is 0 Å². The van der Waals surface area contributed by atoms with E-state index in [4.69, 9.17) is 11.6 Å². The molecular weight excluding hydrogens is 266 g/mol. The van der Waals surface area contributed by atoms with Crippen molar-refractivity contribution in [1.29, 1.82) is 0 Å². The van der Waals surface area contributed by atoms with Crippen LogP contribution in [0.1, 0.15) is 24.7 Å². The summed E-state index contributed by atoms with van der Waals surface area (Å²) in [6.07, 6.45) is 2.16. The molecule has 0 fully saturated rings. The lowest BCUT2D eigenvalue weighted by Crippen LogP contribution is -2.25. The topological polar surface area (TPSA) is 68.0 Å². The Balaban J connectivity index is 2.07. The van der Waals surface area contributed by atoms with Gasteiger partial charge in [-0.25, -0.2) is 14.5 Å². The van der Waals surface area contributed by atoms with Crippen LogP contribution in [-0.4, -0.2) is 25.8 Å². The van der Waals surface area contributed by atoms with Crippen LogP contribution in [0.15, 0.2) is 24.3 Å². The molecule has 0 saturated heterocycles. The van der Waals surface area contributed by atoms with E-state index in [1.54, 1.807) is 6.07 Å². The molecule has 19 heavy (non-hydrogen) atoms. The number of aliphatic carboxylic acids is 1. The summed E-state index contributed by atoms with van der Waals surface area (Å²) in [4.78, 5) is 15.6. The van der Waals surface area contributed by atoms with Crippen LogP contribution >= 0.6 is 11.6 Å². The molecule has 0 spiro atoms. The van der Waals surface area contributed by atoms with Crippen molar-refractivity contribution in [3.63, 3.8) is 0 Å². The second-order valence-electron chi connectivity index (χ2n) is 4.52. The maximum Gasteiger partial charge on any atom is 0.328 e. The van der Waals surface area contributed by atoms with E-state index in [1.165, 1.54) is 4.68 Å². The third kappa shape index (κ3) is 2.10. The molecule has 3 rings (SSSR count). The predicted octanol–water partition coefficient (Wildman–Crippen LogP) is 2.56. The molecule has 1 unspecified atom stereocenters. The largest absolute Gasteiger partial charge is 0.480 e. The number of halogens is 1. The molecule has 1 aromatic heterocycles. The Morgan fingerprint density at radius 3 is 2.95 bits per heavy atom. The first-order chi connectivity index (χ1) is 9.16. The van der Waals surface area contributed by atoms with Crippen molar-refractivity contribution >= 4 is 17.6 Å². The van der Waals surface area contributed by atoms with Gasteiger partial charge in [0.2, 0.25) is 0 Å². The fraction of sp³-hybridized carbons (Fsp3) is 0.308. The van der Waals surface area contributed by atoms with E-state index in [0.717, 1.165) is 18.4 Å². The molecule has 2 heterocycles. The molecular formula is C13H12ClN3O2. The van der Waals surface area contributed by atoms with Crippen LogP contribution in [0.2, 0.25) is 5.02 Å². The number of hydrogen-bond donors (Lipinski definition) is 1. The number of aryl methyl sites for hydroxylation is 1. The van der Waals surface area contributed by atoms with Gasteiger partial charge in [-0.15, -0.1) is 5.10 Å². The van der Waals surface area contributed by atoms with Gasteiger partial charge in [-0.05, 0) is 25.0 Å². The van der Waals surface area contributed by atoms with Gasteiger partial charge >= 0.3 is 5.97 Å². The zero-order valence-corrected chi connectivity index (χ0v) is 10.8. The number of carboxylic acids is 1. The Bertz CT molecular complexity index is 639. The van der Waals surface area contributed by atoms with E-state index < -0.39 is 12.0 Å². The smallest absolute Gasteiger partial charge is 0.328 e. The highest BCUT2D eigenvalue weighted by Crippen LogP contribution is 2.29. The summed E-state index contributed by atoms with van der Waals surface area (Å²) in [7, 11) is 0. The van der Waals surface area contributed by atoms with Crippen LogP contribution in [0, 0.1) is 0 Å². The molecule has 0 radical (unpaired) electrons. The molecule has 1 aliphatic rings. The third-order valence-electron chi connectivity index (χ3n) is 3.27. The Morgan fingerprint density at radius 2 is 2.21 bits per heavy atom. The van der Waals surface area contributed by atoms with E-state index >= 15 is 0 Å². The quantitative estimate of drug-likeness (QED) is 0.916. The molecule has 98 valence electrons. The molecule has 1 atom stereocenters. The van der Waals surface area contributed by atoms with Gasteiger partial charge in [0.25, 0.3) is 0 Å². The van der Waals surface area contributed by atoms with Crippen molar-refractivity contribution in [3.05, 3.63) is 35.1 Å². The number of fused-ring (bicyclic) bond motifs is 1. The summed E-state index contributed by atoms with van der Waals surface area (Å²) >= 11 is 6.12. The average Bonchev–Trinajstić information content (AvgIpc) is 2.82. The fourth-order valence-corrected chi connectivity index (χ4v) is 2.56. The van der Waals surface area contributed by atoms with Gasteiger partial charge in [0.05, 0.1) is 5.02 Å². The molecule has 0 aliphatic carbocycles. The Labute approximate surface area is 114 Å². The highest BCUT2D eigenvalue weighted by Gasteiger charge is 2.28. The summed E-state index contributed by atoms with van der Waals surface area (Å²) in [5.41, 5.74) is 0.732. The van der Waals surface area contributed by atoms with Crippen molar-refractivity contribution in [2.75, 3.05) is 0 Å². The maximum absolute atomic E-state index is 11.2. The van der Waals surface area contributed by atoms with Gasteiger partial charge in [-0.1, -0.05) is 23.7 Å². The van der Waals surface area contributed by atoms with Crippen LogP contribution in [0.3, 0.4) is 0 Å². The second kappa shape index (κ2) is 4.66. The monoisotopic (exact) mass is 277 g/mol. The van der Waals surface area contributed by atoms with Crippen molar-refractivity contribution in [2.45, 2.75) is 25.3 Å². The first-order valence-corrected chi connectivity index (χ1v) is 6.48. The summed E-state index contributed by atoms with van der Waals surface area (Å²) in [5, 5.41) is 14.1. The minimum Gasteiger partial charge on any atom is -0.480 e. The average molecular weight is 278 g/mol. The molecule has 5 nitrogen and oxygen atoms in total. The second-order valence-corrected chi connectivity index (χ2v) is 4.93. The molecule has 6 heteroatoms. The van der Waals surface area contributed by atoms with Crippen molar-refractivity contribution in [2.24, 2.45) is 0 Å². The first kappa shape index (κ1) is 12.2. The summed E-state index contributed by atoms with van der Waals surface area (Å²) in [6, 6.07) is 6.68. The van der Waals surface area contributed by atoms with Crippen LogP contribution in [-0.2, 0) is 11.2 Å². The lowest BCUT2D eigenvalue weighted by molar-refractivity contribution is -0.141. The van der Waals surface area contributed by atoms with E-state index in [0.29, 0.717) is 23.1 Å². The van der Waals surface area contributed by atoms with Gasteiger partial charge in [-0.2, -0.15) is 0 Å². The molecule has 2 aromatic rings. The Hall–Kier alpha value is -1.88. The molecule has 1 N–H and O–H groups in total. The van der Waals surface area contributed by atoms with Crippen LogP contribution < -0.4 is 0 Å². The highest BCUT2D eigenvalue weighted by atomic mass is 35.5. The predicted molar refractivity (Wildman–Crippen MR) is 70.1 cm³/mol. The molecule has 1 aliphatic heterocycles. The Kier molecular flexibility index (Phi) is 2.98. The minimum atomic E-state index is -0.864. The van der Waals surface area contributed by atoms with Gasteiger partial charge in [0, 0.05) is 12.0 Å². The first-order valence-electron chi connectivity index (χ1n) is 6.10. The number of carboxylic acid groups (broad SMARTS) is 1. The number of carbonyl (C=O) groups is 1. The zero-order chi connectivity index (χ0) is 13.4. The molecule has 1 aromatic carbocycles. The SMILES string of the molecule is O=C(O)C1CCCc2nc(-c3ccccc3Cl)nn21. The number of rotatable bonds is 2. The zero-order valence-electron chi connectivity index (χ0n) is 10.1. The molecule has 0 amide bonds. The Morgan fingerprint density at radius 1 is 1.42 bits per heavy atom. The standard InChI is InChI=1S/C13H12ClN3O2/c14-9-5-2-1-4-8(9)12-15-11-7-3-6-10(13(18)19)17(11)16-12/h1-2,4-5,10H,3,6-7H2,(H,18,19). The van der Waals surface area contributed by atoms with E-state index in [-0.39, 0.29) is 0 Å². The number of nitrogens with zero attached hydrogens (tertiary/aromatic N) is 3. The van der Waals surface area contributed by atoms with E-state index in [1.807, 2.05) is 18.2 Å². The molecule has 0 bridgehead atoms. The van der Waals surface area contributed by atoms with Crippen molar-refractivity contribution in [3.8, 4) is 11.4 Å². The van der Waals surface area contributed by atoms with Crippen molar-refractivity contribution in [1.82, 2.24) is 14.8 Å². The number of benzene rings is 1. The summed E-state index contributed by atoms with van der Waals surface area (Å²) in [5.74, 6) is 0.346. The van der Waals surface area contributed by atoms with Gasteiger partial charge in [0.15, 0.2) is 11.9 Å². The molecule has 0 saturated carbocycles. The highest BCUT2D eigenvalue weighted by molar-refractivity contribution is 6.33. The normalized spacial score (nSPS) is 18.1. The fourth-order valence-electron chi connectivity index (χ4n) is 2.34. The maximum atomic E-state index is 11.2. The van der Waals surface area contributed by atoms with Crippen LogP contribution in [0.5, 0.6) is 0 Å². The van der Waals surface area contributed by atoms with E-state index in [9.17, 15) is 9.90 Å². The minimum absolute atomic E-state index is 0.494. The van der Waals surface area contributed by atoms with Crippen LogP contribution in [0.25, 0.3) is 11.4 Å².